The number of benzene rings is 8. The molecule has 80 heavy (non-hydrogen) atoms. The molecule has 22 heterocycles. The Balaban J connectivity index is 0.765. The second-order valence-electron chi connectivity index (χ2n) is 24.9. The van der Waals surface area contributed by atoms with Crippen LogP contribution >= 0.6 is 0 Å². The number of ether oxygens (including phenoxy) is 4. The van der Waals surface area contributed by atoms with Crippen molar-refractivity contribution in [3.8, 4) is 114 Å². The summed E-state index contributed by atoms with van der Waals surface area (Å²) in [7, 11) is 0. The Morgan fingerprint density at radius 3 is 0.613 bits per heavy atom. The van der Waals surface area contributed by atoms with Gasteiger partial charge in [-0.05, 0) is 264 Å². The van der Waals surface area contributed by atoms with Gasteiger partial charge in [-0.2, -0.15) is 0 Å². The summed E-state index contributed by atoms with van der Waals surface area (Å²) in [5.41, 5.74) is 5.42. The fourth-order valence-corrected chi connectivity index (χ4v) is 17.2. The summed E-state index contributed by atoms with van der Waals surface area (Å²) in [6, 6.07) is 43.1. The van der Waals surface area contributed by atoms with Crippen LogP contribution in [0.4, 0.5) is 0 Å². The summed E-state index contributed by atoms with van der Waals surface area (Å²) in [6.07, 6.45) is 10.8. The van der Waals surface area contributed by atoms with Crippen molar-refractivity contribution in [2.45, 2.75) is 98.7 Å². The molecule has 404 valence electrons. The molecule has 8 aromatic carbocycles. The fourth-order valence-electron chi connectivity index (χ4n) is 17.2. The summed E-state index contributed by atoms with van der Waals surface area (Å²) >= 11 is 0. The van der Waals surface area contributed by atoms with Gasteiger partial charge in [0.2, 0.25) is 23.0 Å². The smallest absolute Gasteiger partial charge is 0.210 e. The highest BCUT2D eigenvalue weighted by atomic mass is 16.5. The van der Waals surface area contributed by atoms with Crippen LogP contribution in [0.3, 0.4) is 0 Å². The first-order chi connectivity index (χ1) is 38.6. The number of hydrogen-bond donors (Lipinski definition) is 8. The molecule has 0 unspecified atom stereocenters. The summed E-state index contributed by atoms with van der Waals surface area (Å²) in [5, 5.41) is 92.7. The van der Waals surface area contributed by atoms with Gasteiger partial charge >= 0.3 is 0 Å². The van der Waals surface area contributed by atoms with E-state index < -0.39 is 0 Å². The topological polar surface area (TPSA) is 199 Å². The zero-order valence-electron chi connectivity index (χ0n) is 43.9. The summed E-state index contributed by atoms with van der Waals surface area (Å²) in [5.74, 6) is 1.73. The van der Waals surface area contributed by atoms with Crippen LogP contribution in [-0.2, 0) is 21.7 Å². The molecule has 0 amide bonds. The van der Waals surface area contributed by atoms with Crippen molar-refractivity contribution >= 4 is 0 Å². The van der Waals surface area contributed by atoms with E-state index >= 15 is 0 Å². The molecular weight excluding hydrogens is 1010 g/mol. The molecule has 0 atom stereocenters. The van der Waals surface area contributed by atoms with Gasteiger partial charge in [0.25, 0.3) is 0 Å². The normalized spacial score (nSPS) is 27.4. The van der Waals surface area contributed by atoms with E-state index in [0.717, 1.165) is 109 Å². The Bertz CT molecular complexity index is 3200. The van der Waals surface area contributed by atoms with Gasteiger partial charge in [0, 0.05) is 0 Å². The van der Waals surface area contributed by atoms with Crippen LogP contribution in [0.5, 0.6) is 92.0 Å². The van der Waals surface area contributed by atoms with Gasteiger partial charge in [-0.1, -0.05) is 48.5 Å². The van der Waals surface area contributed by atoms with Crippen molar-refractivity contribution in [1.82, 2.24) is 0 Å². The van der Waals surface area contributed by atoms with Crippen LogP contribution in [-0.4, -0.2) is 40.9 Å². The van der Waals surface area contributed by atoms with Gasteiger partial charge in [0.05, 0.1) is 0 Å². The van der Waals surface area contributed by atoms with Crippen LogP contribution in [0.15, 0.2) is 146 Å². The molecule has 22 aliphatic heterocycles. The molecule has 0 saturated heterocycles. The molecule has 8 aliphatic carbocycles. The second kappa shape index (κ2) is 17.4. The zero-order valence-corrected chi connectivity index (χ0v) is 43.9. The average Bonchev–Trinajstić information content (AvgIpc) is 1.90. The molecule has 8 fully saturated rings. The highest BCUT2D eigenvalue weighted by Crippen LogP contribution is 2.69. The van der Waals surface area contributed by atoms with Gasteiger partial charge in [-0.25, -0.2) is 0 Å². The van der Waals surface area contributed by atoms with Crippen LogP contribution in [0, 0.1) is 23.7 Å². The van der Waals surface area contributed by atoms with Crippen molar-refractivity contribution in [2.24, 2.45) is 23.7 Å². The second-order valence-corrected chi connectivity index (χ2v) is 24.9. The molecule has 38 rings (SSSR count). The third-order valence-corrected chi connectivity index (χ3v) is 19.7. The van der Waals surface area contributed by atoms with Crippen molar-refractivity contribution in [1.29, 1.82) is 0 Å². The van der Waals surface area contributed by atoms with Gasteiger partial charge in [-0.15, -0.1) is 0 Å². The first kappa shape index (κ1) is 48.5. The summed E-state index contributed by atoms with van der Waals surface area (Å²) in [6.45, 7) is 0. The number of hydrogen-bond acceptors (Lipinski definition) is 12. The first-order valence-corrected chi connectivity index (χ1v) is 28.0. The van der Waals surface area contributed by atoms with Gasteiger partial charge in [0.15, 0.2) is 46.0 Å². The van der Waals surface area contributed by atoms with E-state index in [1.165, 1.54) is 0 Å². The monoisotopic (exact) mass is 1070 g/mol. The van der Waals surface area contributed by atoms with E-state index in [4.69, 9.17) is 18.9 Å². The lowest BCUT2D eigenvalue weighted by Crippen LogP contribution is -2.55. The molecule has 8 saturated carbocycles. The Hall–Kier alpha value is -8.64. The fraction of sp³-hybridized carbons (Fsp3) is 0.294. The minimum atomic E-state index is -0.358. The highest BCUT2D eigenvalue weighted by Gasteiger charge is 2.61. The third-order valence-electron chi connectivity index (χ3n) is 19.7. The molecule has 30 aliphatic rings. The first-order valence-electron chi connectivity index (χ1n) is 28.0. The Morgan fingerprint density at radius 1 is 0.263 bits per heavy atom. The Labute approximate surface area is 462 Å². The minimum Gasteiger partial charge on any atom is -0.504 e. The molecule has 8 N–H and O–H groups in total. The number of phenols is 8. The third kappa shape index (κ3) is 7.84. The molecule has 0 radical (unpaired) electrons. The number of aromatic hydroxyl groups is 8. The molecular formula is C68H60O12. The van der Waals surface area contributed by atoms with Crippen molar-refractivity contribution in [3.05, 3.63) is 168 Å². The SMILES string of the molecule is Oc1cc2cc(O)c1Oc1ccc(cc1)-c1ccc(cc1)Oc1c(O)cc(cc1O)C13CC4CC(C1)CC(C4)(C3)c1cc(O)c(c(O)c1)Oc1ccc(cc1)-c1ccc(cc1)Oc1c(O)cc(cc1O)C13CC4CC(CC2(C4)C1)C3. The zero-order chi connectivity index (χ0) is 54.5. The Morgan fingerprint density at radius 2 is 0.438 bits per heavy atom. The van der Waals surface area contributed by atoms with Crippen LogP contribution in [0.2, 0.25) is 0 Å². The summed E-state index contributed by atoms with van der Waals surface area (Å²) in [4.78, 5) is 0. The van der Waals surface area contributed by atoms with E-state index in [-0.39, 0.29) is 90.7 Å². The van der Waals surface area contributed by atoms with Crippen LogP contribution in [0.25, 0.3) is 22.3 Å². The van der Waals surface area contributed by atoms with Crippen LogP contribution < -0.4 is 18.9 Å². The van der Waals surface area contributed by atoms with Crippen molar-refractivity contribution in [3.63, 3.8) is 0 Å². The van der Waals surface area contributed by atoms with E-state index in [0.29, 0.717) is 59.5 Å². The lowest BCUT2D eigenvalue weighted by atomic mass is 9.41. The molecule has 12 nitrogen and oxygen atoms in total. The van der Waals surface area contributed by atoms with Gasteiger partial charge in [0.1, 0.15) is 23.0 Å². The van der Waals surface area contributed by atoms with Crippen molar-refractivity contribution in [2.75, 3.05) is 0 Å². The van der Waals surface area contributed by atoms with Crippen molar-refractivity contribution < 1.29 is 59.8 Å². The predicted molar refractivity (Wildman–Crippen MR) is 299 cm³/mol. The maximum absolute atomic E-state index is 11.6. The van der Waals surface area contributed by atoms with Gasteiger partial charge in [-0.3, -0.25) is 0 Å². The molecule has 0 aromatic heterocycles. The largest absolute Gasteiger partial charge is 0.504 e. The van der Waals surface area contributed by atoms with E-state index in [1.807, 2.05) is 48.5 Å². The quantitative estimate of drug-likeness (QED) is 0.0716. The lowest BCUT2D eigenvalue weighted by molar-refractivity contribution is -0.0285. The molecule has 8 aromatic rings. The number of rotatable bonds is 0. The minimum absolute atomic E-state index is 0.0365. The van der Waals surface area contributed by atoms with E-state index in [1.54, 1.807) is 97.1 Å². The molecule has 4 spiro atoms. The molecule has 24 bridgehead atoms. The Kier molecular flexibility index (Phi) is 10.6. The van der Waals surface area contributed by atoms with E-state index in [2.05, 4.69) is 0 Å². The summed E-state index contributed by atoms with van der Waals surface area (Å²) < 4.78 is 24.7. The van der Waals surface area contributed by atoms with Crippen LogP contribution in [0.1, 0.15) is 99.3 Å². The van der Waals surface area contributed by atoms with Gasteiger partial charge < -0.3 is 59.8 Å². The predicted octanol–water partition coefficient (Wildman–Crippen LogP) is 15.7. The van der Waals surface area contributed by atoms with E-state index in [9.17, 15) is 40.9 Å². The number of phenolic OH excluding ortho intramolecular Hbond substituents is 8. The highest BCUT2D eigenvalue weighted by molar-refractivity contribution is 5.68. The maximum Gasteiger partial charge on any atom is 0.210 e. The maximum atomic E-state index is 11.6. The lowest BCUT2D eigenvalue weighted by Gasteiger charge is -2.62. The molecule has 12 heteroatoms. The standard InChI is InChI=1S/C68H60O12/c69-53-19-45-20-54(70)61(53)77-49-9-1-41(2-10-49)42-3-11-50(12-4-42)78-62-55(71)21-46(22-56(62)72)67-31-39-18-40(32-67)34-68(33-39,36-67)48-25-59(75)64(60(76)26-48)80-52-15-7-44(8-16-52)43-5-13-51(14-6-43)79-63-57(73)23-47(24-58(63)74)66-29-37-17-38(30-66)28-65(45,27-37)35-66/h1-16,19-26,37-40,69-76H,17-18,27-36H2. The average molecular weight is 1070 g/mol.